The van der Waals surface area contributed by atoms with Crippen LogP contribution in [0, 0.1) is 0 Å². The zero-order valence-corrected chi connectivity index (χ0v) is 5.49. The molecule has 0 aliphatic carbocycles. The van der Waals surface area contributed by atoms with Gasteiger partial charge in [0.25, 0.3) is 0 Å². The molecule has 1 aromatic rings. The topological polar surface area (TPSA) is 38.9 Å². The average Bonchev–Trinajstić information content (AvgIpc) is 1.97. The molecular formula is C5H5BrN2. The molecule has 0 fully saturated rings. The van der Waals surface area contributed by atoms with Crippen molar-refractivity contribution in [3.63, 3.8) is 0 Å². The summed E-state index contributed by atoms with van der Waals surface area (Å²) in [6.45, 7) is 0. The zero-order valence-electron chi connectivity index (χ0n) is 6.90. The first-order valence-corrected chi connectivity index (χ1v) is 2.72. The van der Waals surface area contributed by atoms with Gasteiger partial charge in [0.1, 0.15) is 0 Å². The van der Waals surface area contributed by atoms with Gasteiger partial charge in [-0.05, 0) is 22.0 Å². The molecule has 42 valence electrons. The van der Waals surface area contributed by atoms with Gasteiger partial charge in [0.15, 0.2) is 0 Å². The van der Waals surface area contributed by atoms with Gasteiger partial charge in [-0.3, -0.25) is 4.98 Å². The Labute approximate surface area is 60.1 Å². The third-order valence-electron chi connectivity index (χ3n) is 0.634. The molecule has 0 aliphatic heterocycles. The molecule has 0 saturated heterocycles. The minimum Gasteiger partial charge on any atom is -0.397 e. The number of hydrogen-bond donors (Lipinski definition) is 1. The molecule has 0 bridgehead atoms. The molecule has 0 aliphatic rings. The summed E-state index contributed by atoms with van der Waals surface area (Å²) in [6, 6.07) is -0.0847. The normalized spacial score (nSPS) is 14.4. The smallest absolute Gasteiger partial charge is 0.0863 e. The SMILES string of the molecule is [2H]c1nc([2H])c(N)c(Br)c1[2H]. The summed E-state index contributed by atoms with van der Waals surface area (Å²) in [5.41, 5.74) is 5.45. The van der Waals surface area contributed by atoms with Gasteiger partial charge in [-0.2, -0.15) is 0 Å². The predicted molar refractivity (Wildman–Crippen MR) is 36.3 cm³/mol. The van der Waals surface area contributed by atoms with Crippen LogP contribution in [0.2, 0.25) is 0 Å². The Morgan fingerprint density at radius 1 is 1.88 bits per heavy atom. The highest BCUT2D eigenvalue weighted by atomic mass is 79.9. The maximum absolute atomic E-state index is 7.22. The van der Waals surface area contributed by atoms with Crippen molar-refractivity contribution in [2.45, 2.75) is 0 Å². The second-order valence-electron chi connectivity index (χ2n) is 1.19. The first kappa shape index (κ1) is 2.82. The van der Waals surface area contributed by atoms with Crippen LogP contribution >= 0.6 is 15.9 Å². The molecule has 0 atom stereocenters. The van der Waals surface area contributed by atoms with Crippen molar-refractivity contribution in [3.8, 4) is 0 Å². The molecule has 1 heterocycles. The minimum absolute atomic E-state index is 0.0847. The Morgan fingerprint density at radius 3 is 3.38 bits per heavy atom. The average molecular weight is 176 g/mol. The lowest BCUT2D eigenvalue weighted by atomic mass is 10.4. The number of anilines is 1. The second-order valence-corrected chi connectivity index (χ2v) is 1.98. The first-order chi connectivity index (χ1) is 5.04. The van der Waals surface area contributed by atoms with E-state index >= 15 is 0 Å². The van der Waals surface area contributed by atoms with Crippen molar-refractivity contribution in [2.75, 3.05) is 5.73 Å². The number of nitrogen functional groups attached to an aromatic ring is 1. The van der Waals surface area contributed by atoms with E-state index in [1.807, 2.05) is 0 Å². The largest absolute Gasteiger partial charge is 0.397 e. The van der Waals surface area contributed by atoms with Crippen molar-refractivity contribution in [3.05, 3.63) is 22.9 Å². The zero-order chi connectivity index (χ0) is 8.59. The third-order valence-corrected chi connectivity index (χ3v) is 1.26. The highest BCUT2D eigenvalue weighted by molar-refractivity contribution is 9.10. The molecule has 1 aromatic heterocycles. The maximum atomic E-state index is 7.22. The number of aromatic nitrogens is 1. The summed E-state index contributed by atoms with van der Waals surface area (Å²) >= 11 is 2.99. The van der Waals surface area contributed by atoms with E-state index in [0.29, 0.717) is 0 Å². The van der Waals surface area contributed by atoms with Crippen LogP contribution in [0.25, 0.3) is 0 Å². The van der Waals surface area contributed by atoms with E-state index in [4.69, 9.17) is 9.85 Å². The quantitative estimate of drug-likeness (QED) is 0.649. The Bertz CT molecular complexity index is 276. The molecule has 2 N–H and O–H groups in total. The van der Waals surface area contributed by atoms with Crippen molar-refractivity contribution in [2.24, 2.45) is 0 Å². The van der Waals surface area contributed by atoms with Crippen LogP contribution in [0.3, 0.4) is 0 Å². The summed E-state index contributed by atoms with van der Waals surface area (Å²) < 4.78 is 21.7. The van der Waals surface area contributed by atoms with Gasteiger partial charge < -0.3 is 5.73 Å². The molecule has 1 rings (SSSR count). The predicted octanol–water partition coefficient (Wildman–Crippen LogP) is 1.43. The minimum atomic E-state index is -0.240. The van der Waals surface area contributed by atoms with E-state index in [-0.39, 0.29) is 28.5 Å². The molecule has 0 amide bonds. The number of nitrogens with zero attached hydrogens (tertiary/aromatic N) is 1. The Hall–Kier alpha value is -0.570. The van der Waals surface area contributed by atoms with Crippen LogP contribution in [0.15, 0.2) is 22.9 Å². The molecular weight excluding hydrogens is 168 g/mol. The van der Waals surface area contributed by atoms with Gasteiger partial charge in [-0.15, -0.1) is 0 Å². The summed E-state index contributed by atoms with van der Waals surface area (Å²) in [5.74, 6) is 0. The van der Waals surface area contributed by atoms with Gasteiger partial charge in [0.2, 0.25) is 0 Å². The van der Waals surface area contributed by atoms with Crippen molar-refractivity contribution in [1.29, 1.82) is 0 Å². The Kier molecular flexibility index (Phi) is 0.753. The van der Waals surface area contributed by atoms with Crippen LogP contribution < -0.4 is 5.73 Å². The van der Waals surface area contributed by atoms with E-state index in [1.165, 1.54) is 0 Å². The Balaban J connectivity index is 3.46. The summed E-state index contributed by atoms with van der Waals surface area (Å²) in [7, 11) is 0. The molecule has 8 heavy (non-hydrogen) atoms. The molecule has 0 spiro atoms. The fourth-order valence-electron chi connectivity index (χ4n) is 0.282. The van der Waals surface area contributed by atoms with Gasteiger partial charge in [0, 0.05) is 10.6 Å². The number of hydrogen-bond acceptors (Lipinski definition) is 2. The molecule has 0 radical (unpaired) electrons. The van der Waals surface area contributed by atoms with Crippen LogP contribution in [0.5, 0.6) is 0 Å². The van der Waals surface area contributed by atoms with Crippen LogP contribution in [0.4, 0.5) is 5.69 Å². The maximum Gasteiger partial charge on any atom is 0.0863 e. The van der Waals surface area contributed by atoms with Crippen LogP contribution in [-0.2, 0) is 0 Å². The molecule has 0 saturated carbocycles. The van der Waals surface area contributed by atoms with Crippen molar-refractivity contribution >= 4 is 21.6 Å². The summed E-state index contributed by atoms with van der Waals surface area (Å²) in [6.07, 6.45) is -0.408. The standard InChI is InChI=1S/C5H5BrN2/c6-4-1-2-8-3-5(4)7/h1-3H,7H2/i1D,2D,3D. The molecule has 3 heteroatoms. The lowest BCUT2D eigenvalue weighted by molar-refractivity contribution is 1.32. The monoisotopic (exact) mass is 175 g/mol. The number of rotatable bonds is 0. The van der Waals surface area contributed by atoms with Crippen molar-refractivity contribution in [1.82, 2.24) is 4.98 Å². The van der Waals surface area contributed by atoms with Gasteiger partial charge in [-0.1, -0.05) is 0 Å². The van der Waals surface area contributed by atoms with Crippen LogP contribution in [0.1, 0.15) is 4.11 Å². The number of nitrogens with two attached hydrogens (primary N) is 1. The molecule has 0 unspecified atom stereocenters. The fraction of sp³-hybridized carbons (Fsp3) is 0. The number of halogens is 1. The fourth-order valence-corrected chi connectivity index (χ4v) is 0.459. The summed E-state index contributed by atoms with van der Waals surface area (Å²) in [4.78, 5) is 3.42. The lowest BCUT2D eigenvalue weighted by Gasteiger charge is -1.91. The summed E-state index contributed by atoms with van der Waals surface area (Å²) in [5, 5.41) is 0. The third kappa shape index (κ3) is 0.980. The highest BCUT2D eigenvalue weighted by Crippen LogP contribution is 2.14. The van der Waals surface area contributed by atoms with E-state index in [1.54, 1.807) is 0 Å². The highest BCUT2D eigenvalue weighted by Gasteiger charge is 1.87. The van der Waals surface area contributed by atoms with Crippen LogP contribution in [-0.4, -0.2) is 4.98 Å². The first-order valence-electron chi connectivity index (χ1n) is 3.42. The van der Waals surface area contributed by atoms with Gasteiger partial charge >= 0.3 is 0 Å². The molecule has 2 nitrogen and oxygen atoms in total. The van der Waals surface area contributed by atoms with E-state index in [0.717, 1.165) is 0 Å². The van der Waals surface area contributed by atoms with Crippen molar-refractivity contribution < 1.29 is 4.11 Å². The number of pyridine rings is 1. The van der Waals surface area contributed by atoms with Gasteiger partial charge in [-0.25, -0.2) is 0 Å². The van der Waals surface area contributed by atoms with E-state index < -0.39 is 0 Å². The molecule has 0 aromatic carbocycles. The van der Waals surface area contributed by atoms with Gasteiger partial charge in [0.05, 0.1) is 16.0 Å². The lowest BCUT2D eigenvalue weighted by Crippen LogP contribution is -1.85. The second kappa shape index (κ2) is 2.13. The van der Waals surface area contributed by atoms with E-state index in [9.17, 15) is 0 Å². The Morgan fingerprint density at radius 2 is 2.62 bits per heavy atom. The van der Waals surface area contributed by atoms with E-state index in [2.05, 4.69) is 20.9 Å².